The second-order valence-electron chi connectivity index (χ2n) is 3.47. The number of hydrogen-bond donors (Lipinski definition) is 2. The molecule has 0 aliphatic carbocycles. The van der Waals surface area contributed by atoms with E-state index in [1.165, 1.54) is 0 Å². The highest BCUT2D eigenvalue weighted by molar-refractivity contribution is 5.28. The van der Waals surface area contributed by atoms with Gasteiger partial charge in [-0.2, -0.15) is 13.2 Å². The molecule has 0 bridgehead atoms. The molecule has 2 atom stereocenters. The molecule has 3 N–H and O–H groups in total. The van der Waals surface area contributed by atoms with Crippen LogP contribution in [0.3, 0.4) is 0 Å². The Bertz CT molecular complexity index is 397. The predicted molar refractivity (Wildman–Crippen MR) is 52.2 cm³/mol. The van der Waals surface area contributed by atoms with Crippen molar-refractivity contribution in [3.63, 3.8) is 0 Å². The maximum Gasteiger partial charge on any atom is 0.424 e. The van der Waals surface area contributed by atoms with Crippen LogP contribution in [-0.2, 0) is 5.60 Å². The van der Waals surface area contributed by atoms with Gasteiger partial charge in [0.1, 0.15) is 5.69 Å². The van der Waals surface area contributed by atoms with Crippen LogP contribution in [0.4, 0.5) is 13.2 Å². The average Bonchev–Trinajstić information content (AvgIpc) is 2.26. The van der Waals surface area contributed by atoms with Crippen molar-refractivity contribution in [2.45, 2.75) is 24.7 Å². The summed E-state index contributed by atoms with van der Waals surface area (Å²) in [4.78, 5) is 7.03. The molecule has 17 heavy (non-hydrogen) atoms. The smallest absolute Gasteiger partial charge is 0.424 e. The van der Waals surface area contributed by atoms with Gasteiger partial charge >= 0.3 is 6.18 Å². The monoisotopic (exact) mass is 251 g/mol. The number of aliphatic hydroxyl groups is 1. The molecule has 0 aliphatic rings. The van der Waals surface area contributed by atoms with Crippen LogP contribution in [0.15, 0.2) is 12.4 Å². The van der Waals surface area contributed by atoms with Crippen molar-refractivity contribution in [1.82, 2.24) is 9.97 Å². The van der Waals surface area contributed by atoms with E-state index in [9.17, 15) is 18.3 Å². The summed E-state index contributed by atoms with van der Waals surface area (Å²) in [5.41, 5.74) is 1.17. The van der Waals surface area contributed by atoms with Crippen LogP contribution >= 0.6 is 0 Å². The van der Waals surface area contributed by atoms with Gasteiger partial charge in [-0.25, -0.2) is 4.98 Å². The van der Waals surface area contributed by atoms with Gasteiger partial charge in [-0.05, 0) is 6.92 Å². The van der Waals surface area contributed by atoms with Gasteiger partial charge < -0.3 is 15.6 Å². The maximum atomic E-state index is 12.9. The summed E-state index contributed by atoms with van der Waals surface area (Å²) in [6.07, 6.45) is -2.80. The Balaban J connectivity index is 3.43. The van der Waals surface area contributed by atoms with E-state index in [1.54, 1.807) is 0 Å². The zero-order valence-corrected chi connectivity index (χ0v) is 9.19. The first kappa shape index (κ1) is 13.7. The summed E-state index contributed by atoms with van der Waals surface area (Å²) < 4.78 is 43.4. The lowest BCUT2D eigenvalue weighted by Gasteiger charge is -2.33. The lowest BCUT2D eigenvalue weighted by atomic mass is 9.91. The minimum atomic E-state index is -4.98. The zero-order chi connectivity index (χ0) is 13.3. The Hall–Kier alpha value is -1.41. The molecule has 0 aliphatic heterocycles. The van der Waals surface area contributed by atoms with Crippen molar-refractivity contribution in [2.75, 3.05) is 7.11 Å². The molecule has 1 aromatic rings. The van der Waals surface area contributed by atoms with E-state index in [1.807, 2.05) is 0 Å². The topological polar surface area (TPSA) is 81.3 Å². The lowest BCUT2D eigenvalue weighted by molar-refractivity contribution is -0.274. The van der Waals surface area contributed by atoms with Crippen molar-refractivity contribution in [3.05, 3.63) is 18.1 Å². The third kappa shape index (κ3) is 2.18. The first-order chi connectivity index (χ1) is 7.75. The van der Waals surface area contributed by atoms with Crippen molar-refractivity contribution >= 4 is 0 Å². The van der Waals surface area contributed by atoms with Crippen LogP contribution in [0.2, 0.25) is 0 Å². The number of ether oxygens (including phenoxy) is 1. The summed E-state index contributed by atoms with van der Waals surface area (Å²) in [6, 6.07) is -1.62. The highest BCUT2D eigenvalue weighted by Crippen LogP contribution is 2.42. The van der Waals surface area contributed by atoms with Gasteiger partial charge in [-0.15, -0.1) is 0 Å². The van der Waals surface area contributed by atoms with E-state index < -0.39 is 29.4 Å². The first-order valence-corrected chi connectivity index (χ1v) is 4.65. The molecule has 0 spiro atoms. The lowest BCUT2D eigenvalue weighted by Crippen LogP contribution is -2.55. The largest absolute Gasteiger partial charge is 0.480 e. The standard InChI is InChI=1S/C9H12F3N3O2/c1-5(13)8(16,9(10,11)12)6-7(17-2)15-4-3-14-6/h3-5,16H,13H2,1-2H3. The third-order valence-electron chi connectivity index (χ3n) is 2.31. The minimum Gasteiger partial charge on any atom is -0.480 e. The summed E-state index contributed by atoms with van der Waals surface area (Å²) in [6.45, 7) is 1.03. The fraction of sp³-hybridized carbons (Fsp3) is 0.556. The number of rotatable bonds is 3. The second kappa shape index (κ2) is 4.46. The third-order valence-corrected chi connectivity index (χ3v) is 2.31. The van der Waals surface area contributed by atoms with Crippen LogP contribution in [0.25, 0.3) is 0 Å². The Morgan fingerprint density at radius 3 is 2.29 bits per heavy atom. The van der Waals surface area contributed by atoms with Crippen LogP contribution < -0.4 is 10.5 Å². The van der Waals surface area contributed by atoms with E-state index in [2.05, 4.69) is 14.7 Å². The van der Waals surface area contributed by atoms with Crippen molar-refractivity contribution in [3.8, 4) is 5.88 Å². The number of nitrogens with zero attached hydrogens (tertiary/aromatic N) is 2. The summed E-state index contributed by atoms with van der Waals surface area (Å²) >= 11 is 0. The van der Waals surface area contributed by atoms with E-state index >= 15 is 0 Å². The molecular weight excluding hydrogens is 239 g/mol. The number of methoxy groups -OCH3 is 1. The summed E-state index contributed by atoms with van der Waals surface area (Å²) in [7, 11) is 1.13. The summed E-state index contributed by atoms with van der Waals surface area (Å²) in [5, 5.41) is 9.78. The number of nitrogens with two attached hydrogens (primary N) is 1. The SMILES string of the molecule is COc1nccnc1C(O)(C(C)N)C(F)(F)F. The second-order valence-corrected chi connectivity index (χ2v) is 3.47. The molecule has 96 valence electrons. The normalized spacial score (nSPS) is 17.4. The van der Waals surface area contributed by atoms with Crippen LogP contribution in [0.1, 0.15) is 12.6 Å². The number of aromatic nitrogens is 2. The van der Waals surface area contributed by atoms with E-state index in [4.69, 9.17) is 5.73 Å². The average molecular weight is 251 g/mol. The molecule has 0 saturated carbocycles. The van der Waals surface area contributed by atoms with Crippen molar-refractivity contribution in [2.24, 2.45) is 5.73 Å². The van der Waals surface area contributed by atoms with Crippen molar-refractivity contribution < 1.29 is 23.0 Å². The van der Waals surface area contributed by atoms with Gasteiger partial charge in [0, 0.05) is 18.4 Å². The predicted octanol–water partition coefficient (Wildman–Crippen LogP) is 0.582. The fourth-order valence-electron chi connectivity index (χ4n) is 1.34. The minimum absolute atomic E-state index is 0.412. The molecule has 1 aromatic heterocycles. The molecular formula is C9H12F3N3O2. The van der Waals surface area contributed by atoms with Gasteiger partial charge in [0.05, 0.1) is 7.11 Å². The van der Waals surface area contributed by atoms with Crippen LogP contribution in [0.5, 0.6) is 5.88 Å². The molecule has 2 unspecified atom stereocenters. The molecule has 0 radical (unpaired) electrons. The fourth-order valence-corrected chi connectivity index (χ4v) is 1.34. The molecule has 1 rings (SSSR count). The quantitative estimate of drug-likeness (QED) is 0.821. The number of halogens is 3. The zero-order valence-electron chi connectivity index (χ0n) is 9.19. The Morgan fingerprint density at radius 1 is 1.35 bits per heavy atom. The molecule has 0 aromatic carbocycles. The molecule has 1 heterocycles. The maximum absolute atomic E-state index is 12.9. The van der Waals surface area contributed by atoms with Gasteiger partial charge in [-0.1, -0.05) is 0 Å². The number of alkyl halides is 3. The number of hydrogen-bond acceptors (Lipinski definition) is 5. The van der Waals surface area contributed by atoms with Gasteiger partial charge in [0.15, 0.2) is 0 Å². The molecule has 0 saturated heterocycles. The highest BCUT2D eigenvalue weighted by atomic mass is 19.4. The highest BCUT2D eigenvalue weighted by Gasteiger charge is 2.60. The van der Waals surface area contributed by atoms with Gasteiger partial charge in [-0.3, -0.25) is 4.98 Å². The van der Waals surface area contributed by atoms with Gasteiger partial charge in [0.2, 0.25) is 11.5 Å². The van der Waals surface area contributed by atoms with Crippen LogP contribution in [-0.4, -0.2) is 34.4 Å². The molecule has 8 heteroatoms. The molecule has 0 fully saturated rings. The molecule has 0 amide bonds. The van der Waals surface area contributed by atoms with E-state index in [-0.39, 0.29) is 0 Å². The van der Waals surface area contributed by atoms with E-state index in [0.717, 1.165) is 26.4 Å². The Labute approximate surface area is 95.4 Å². The summed E-state index contributed by atoms with van der Waals surface area (Å²) in [5.74, 6) is -0.412. The Kier molecular flexibility index (Phi) is 3.58. The Morgan fingerprint density at radius 2 is 1.88 bits per heavy atom. The van der Waals surface area contributed by atoms with E-state index in [0.29, 0.717) is 0 Å². The van der Waals surface area contributed by atoms with Crippen LogP contribution in [0, 0.1) is 0 Å². The van der Waals surface area contributed by atoms with Crippen molar-refractivity contribution in [1.29, 1.82) is 0 Å². The molecule has 5 nitrogen and oxygen atoms in total. The first-order valence-electron chi connectivity index (χ1n) is 4.65. The van der Waals surface area contributed by atoms with Gasteiger partial charge in [0.25, 0.3) is 0 Å².